The molecule has 9 heteroatoms. The minimum atomic E-state index is -0.642. The maximum Gasteiger partial charge on any atom is 0.269 e. The summed E-state index contributed by atoms with van der Waals surface area (Å²) in [6, 6.07) is 15.2. The Morgan fingerprint density at radius 3 is 2.76 bits per heavy atom. The van der Waals surface area contributed by atoms with Gasteiger partial charge < -0.3 is 10.5 Å². The highest BCUT2D eigenvalue weighted by Gasteiger charge is 2.36. The first-order valence-electron chi connectivity index (χ1n) is 8.58. The van der Waals surface area contributed by atoms with Gasteiger partial charge in [0, 0.05) is 17.2 Å². The molecule has 1 aromatic heterocycles. The molecule has 0 saturated heterocycles. The van der Waals surface area contributed by atoms with Crippen LogP contribution in [-0.2, 0) is 0 Å². The summed E-state index contributed by atoms with van der Waals surface area (Å²) in [4.78, 5) is 10.8. The molecular weight excluding hydrogens is 394 g/mol. The van der Waals surface area contributed by atoms with Crippen LogP contribution in [0.5, 0.6) is 5.88 Å². The lowest BCUT2D eigenvalue weighted by molar-refractivity contribution is -0.384. The number of hydrogen-bond donors (Lipinski definition) is 1. The van der Waals surface area contributed by atoms with E-state index in [1.165, 1.54) is 12.1 Å². The van der Waals surface area contributed by atoms with Gasteiger partial charge >= 0.3 is 0 Å². The Kier molecular flexibility index (Phi) is 4.45. The Morgan fingerprint density at radius 2 is 2.07 bits per heavy atom. The quantitative estimate of drug-likeness (QED) is 0.518. The summed E-state index contributed by atoms with van der Waals surface area (Å²) in [6.45, 7) is 1.78. The molecule has 0 saturated carbocycles. The van der Waals surface area contributed by atoms with Crippen LogP contribution >= 0.6 is 11.6 Å². The van der Waals surface area contributed by atoms with Crippen molar-refractivity contribution in [2.45, 2.75) is 12.8 Å². The highest BCUT2D eigenvalue weighted by Crippen LogP contribution is 2.45. The first kappa shape index (κ1) is 18.5. The summed E-state index contributed by atoms with van der Waals surface area (Å²) in [7, 11) is 0. The normalized spacial score (nSPS) is 15.4. The number of rotatable bonds is 3. The Balaban J connectivity index is 1.96. The van der Waals surface area contributed by atoms with Crippen LogP contribution < -0.4 is 10.5 Å². The number of non-ortho nitro benzene ring substituents is 1. The van der Waals surface area contributed by atoms with Gasteiger partial charge in [-0.25, -0.2) is 4.68 Å². The predicted octanol–water partition coefficient (Wildman–Crippen LogP) is 3.96. The number of nitriles is 1. The Labute approximate surface area is 170 Å². The SMILES string of the molecule is Cc1nn(-c2cccc(Cl)c2)c2c1[C@H](c1cccc([N+](=O)[O-])c1)C(C#N)=C(N)O2. The van der Waals surface area contributed by atoms with Gasteiger partial charge in [-0.1, -0.05) is 29.8 Å². The van der Waals surface area contributed by atoms with E-state index in [1.54, 1.807) is 41.9 Å². The van der Waals surface area contributed by atoms with Gasteiger partial charge in [0.05, 0.1) is 27.8 Å². The van der Waals surface area contributed by atoms with Gasteiger partial charge in [-0.3, -0.25) is 10.1 Å². The maximum absolute atomic E-state index is 11.2. The molecule has 0 spiro atoms. The molecule has 1 aliphatic rings. The minimum Gasteiger partial charge on any atom is -0.422 e. The molecule has 2 heterocycles. The van der Waals surface area contributed by atoms with Crippen molar-refractivity contribution in [3.63, 3.8) is 0 Å². The smallest absolute Gasteiger partial charge is 0.269 e. The number of hydrogen-bond acceptors (Lipinski definition) is 6. The monoisotopic (exact) mass is 407 g/mol. The molecule has 0 unspecified atom stereocenters. The lowest BCUT2D eigenvalue weighted by Crippen LogP contribution is -2.22. The van der Waals surface area contributed by atoms with Crippen molar-refractivity contribution in [1.82, 2.24) is 9.78 Å². The third-order valence-corrected chi connectivity index (χ3v) is 4.93. The van der Waals surface area contributed by atoms with Crippen LogP contribution in [0.25, 0.3) is 5.69 Å². The molecule has 4 rings (SSSR count). The summed E-state index contributed by atoms with van der Waals surface area (Å²) < 4.78 is 7.33. The number of nitrogens with zero attached hydrogens (tertiary/aromatic N) is 4. The lowest BCUT2D eigenvalue weighted by Gasteiger charge is -2.24. The first-order chi connectivity index (χ1) is 13.9. The summed E-state index contributed by atoms with van der Waals surface area (Å²) >= 11 is 6.11. The highest BCUT2D eigenvalue weighted by atomic mass is 35.5. The van der Waals surface area contributed by atoms with Gasteiger partial charge in [-0.05, 0) is 30.7 Å². The summed E-state index contributed by atoms with van der Waals surface area (Å²) in [5.74, 6) is -0.367. The topological polar surface area (TPSA) is 120 Å². The van der Waals surface area contributed by atoms with E-state index >= 15 is 0 Å². The van der Waals surface area contributed by atoms with Crippen molar-refractivity contribution in [1.29, 1.82) is 5.26 Å². The molecule has 0 aliphatic carbocycles. The van der Waals surface area contributed by atoms with Crippen LogP contribution in [0, 0.1) is 28.4 Å². The van der Waals surface area contributed by atoms with Crippen molar-refractivity contribution in [2.24, 2.45) is 5.73 Å². The van der Waals surface area contributed by atoms with E-state index in [-0.39, 0.29) is 17.1 Å². The number of halogens is 1. The molecule has 144 valence electrons. The zero-order valence-electron chi connectivity index (χ0n) is 15.2. The van der Waals surface area contributed by atoms with E-state index in [0.717, 1.165) is 0 Å². The maximum atomic E-state index is 11.2. The fourth-order valence-electron chi connectivity index (χ4n) is 3.45. The molecule has 2 N–H and O–H groups in total. The van der Waals surface area contributed by atoms with Gasteiger partial charge in [-0.2, -0.15) is 10.4 Å². The number of aromatic nitrogens is 2. The third kappa shape index (κ3) is 3.07. The average molecular weight is 408 g/mol. The average Bonchev–Trinajstić information content (AvgIpc) is 3.03. The van der Waals surface area contributed by atoms with Gasteiger partial charge in [0.2, 0.25) is 11.8 Å². The Hall–Kier alpha value is -3.83. The standard InChI is InChI=1S/C20H14ClN5O3/c1-11-17-18(12-4-2-7-15(8-12)26(27)28)16(10-22)19(23)29-20(17)25(24-11)14-6-3-5-13(21)9-14/h2-9,18H,23H2,1H3/t18-/m1/s1. The van der Waals surface area contributed by atoms with Crippen LogP contribution in [0.4, 0.5) is 5.69 Å². The fraction of sp³-hybridized carbons (Fsp3) is 0.100. The molecule has 1 atom stereocenters. The van der Waals surface area contributed by atoms with Crippen molar-refractivity contribution < 1.29 is 9.66 Å². The molecule has 0 radical (unpaired) electrons. The molecule has 0 bridgehead atoms. The number of nitro groups is 1. The number of aryl methyl sites for hydroxylation is 1. The van der Waals surface area contributed by atoms with Crippen molar-refractivity contribution in [3.8, 4) is 17.6 Å². The molecule has 0 amide bonds. The minimum absolute atomic E-state index is 0.0697. The van der Waals surface area contributed by atoms with Crippen molar-refractivity contribution in [3.05, 3.63) is 91.9 Å². The Bertz CT molecular complexity index is 1230. The van der Waals surface area contributed by atoms with E-state index in [9.17, 15) is 15.4 Å². The Morgan fingerprint density at radius 1 is 1.31 bits per heavy atom. The van der Waals surface area contributed by atoms with Gasteiger partial charge in [0.1, 0.15) is 11.6 Å². The van der Waals surface area contributed by atoms with Crippen LogP contribution in [0.1, 0.15) is 22.7 Å². The summed E-state index contributed by atoms with van der Waals surface area (Å²) in [6.07, 6.45) is 0. The zero-order chi connectivity index (χ0) is 20.7. The summed E-state index contributed by atoms with van der Waals surface area (Å²) in [5, 5.41) is 26.0. The molecule has 1 aliphatic heterocycles. The molecule has 2 aromatic carbocycles. The number of fused-ring (bicyclic) bond motifs is 1. The van der Waals surface area contributed by atoms with Gasteiger partial charge in [0.15, 0.2) is 0 Å². The predicted molar refractivity (Wildman–Crippen MR) is 106 cm³/mol. The lowest BCUT2D eigenvalue weighted by atomic mass is 9.84. The number of nitrogens with two attached hydrogens (primary N) is 1. The highest BCUT2D eigenvalue weighted by molar-refractivity contribution is 6.30. The second kappa shape index (κ2) is 6.96. The number of benzene rings is 2. The van der Waals surface area contributed by atoms with E-state index in [4.69, 9.17) is 22.1 Å². The summed E-state index contributed by atoms with van der Waals surface area (Å²) in [5.41, 5.74) is 8.59. The second-order valence-corrected chi connectivity index (χ2v) is 6.91. The van der Waals surface area contributed by atoms with E-state index in [0.29, 0.717) is 33.4 Å². The zero-order valence-corrected chi connectivity index (χ0v) is 15.9. The van der Waals surface area contributed by atoms with E-state index in [1.807, 2.05) is 6.07 Å². The number of nitro benzene ring substituents is 1. The van der Waals surface area contributed by atoms with Crippen LogP contribution in [0.2, 0.25) is 5.02 Å². The molecule has 29 heavy (non-hydrogen) atoms. The van der Waals surface area contributed by atoms with Gasteiger partial charge in [0.25, 0.3) is 5.69 Å². The largest absolute Gasteiger partial charge is 0.422 e. The molecular formula is C20H14ClN5O3. The number of ether oxygens (including phenoxy) is 1. The first-order valence-corrected chi connectivity index (χ1v) is 8.96. The third-order valence-electron chi connectivity index (χ3n) is 4.70. The van der Waals surface area contributed by atoms with Gasteiger partial charge in [-0.15, -0.1) is 0 Å². The van der Waals surface area contributed by atoms with Crippen molar-refractivity contribution in [2.75, 3.05) is 0 Å². The van der Waals surface area contributed by atoms with E-state index in [2.05, 4.69) is 11.2 Å². The van der Waals surface area contributed by atoms with Crippen LogP contribution in [0.15, 0.2) is 60.0 Å². The molecule has 0 fully saturated rings. The number of allylic oxidation sites excluding steroid dienone is 1. The fourth-order valence-corrected chi connectivity index (χ4v) is 3.63. The van der Waals surface area contributed by atoms with Crippen molar-refractivity contribution >= 4 is 17.3 Å². The van der Waals surface area contributed by atoms with E-state index < -0.39 is 10.8 Å². The molecule has 8 nitrogen and oxygen atoms in total. The second-order valence-electron chi connectivity index (χ2n) is 6.47. The van der Waals surface area contributed by atoms with Crippen LogP contribution in [0.3, 0.4) is 0 Å². The van der Waals surface area contributed by atoms with Crippen LogP contribution in [-0.4, -0.2) is 14.7 Å². The molecule has 3 aromatic rings.